The smallest absolute Gasteiger partial charge is 0.294 e. The van der Waals surface area contributed by atoms with E-state index in [-0.39, 0.29) is 18.1 Å². The van der Waals surface area contributed by atoms with E-state index in [1.54, 1.807) is 37.5 Å². The van der Waals surface area contributed by atoms with Crippen molar-refractivity contribution in [3.63, 3.8) is 0 Å². The fourth-order valence-corrected chi connectivity index (χ4v) is 2.86. The lowest BCUT2D eigenvalue weighted by Gasteiger charge is -2.12. The van der Waals surface area contributed by atoms with Gasteiger partial charge in [-0.15, -0.1) is 0 Å². The highest BCUT2D eigenvalue weighted by atomic mass is 32.2. The Morgan fingerprint density at radius 1 is 1.42 bits per heavy atom. The summed E-state index contributed by atoms with van der Waals surface area (Å²) in [5.41, 5.74) is 0.729. The van der Waals surface area contributed by atoms with Gasteiger partial charge in [-0.1, -0.05) is 12.1 Å². The van der Waals surface area contributed by atoms with Crippen molar-refractivity contribution >= 4 is 34.9 Å². The number of thioether (sulfide) groups is 1. The first-order valence-corrected chi connectivity index (χ1v) is 8.13. The van der Waals surface area contributed by atoms with Gasteiger partial charge in [0.1, 0.15) is 12.3 Å². The van der Waals surface area contributed by atoms with Crippen LogP contribution in [0.4, 0.5) is 4.79 Å². The van der Waals surface area contributed by atoms with Crippen molar-refractivity contribution < 1.29 is 24.2 Å². The number of carbonyl (C=O) groups excluding carboxylic acids is 3. The Hall–Kier alpha value is -2.32. The summed E-state index contributed by atoms with van der Waals surface area (Å²) in [5, 5.41) is 10.7. The Morgan fingerprint density at radius 3 is 2.92 bits per heavy atom. The van der Waals surface area contributed by atoms with E-state index in [0.29, 0.717) is 18.7 Å². The van der Waals surface area contributed by atoms with Crippen LogP contribution in [-0.2, 0) is 9.59 Å². The first-order chi connectivity index (χ1) is 11.5. The molecule has 3 amide bonds. The van der Waals surface area contributed by atoms with Gasteiger partial charge in [-0.2, -0.15) is 0 Å². The minimum atomic E-state index is -0.495. The van der Waals surface area contributed by atoms with Crippen LogP contribution in [0, 0.1) is 0 Å². The third-order valence-electron chi connectivity index (χ3n) is 3.22. The summed E-state index contributed by atoms with van der Waals surface area (Å²) in [6.45, 7) is -0.0676. The fourth-order valence-electron chi connectivity index (χ4n) is 2.03. The lowest BCUT2D eigenvalue weighted by atomic mass is 10.2. The molecule has 24 heavy (non-hydrogen) atoms. The quantitative estimate of drug-likeness (QED) is 0.567. The Morgan fingerprint density at radius 2 is 2.21 bits per heavy atom. The molecule has 1 aromatic rings. The Kier molecular flexibility index (Phi) is 6.39. The Bertz CT molecular complexity index is 674. The van der Waals surface area contributed by atoms with Crippen molar-refractivity contribution in [3.05, 3.63) is 34.7 Å². The molecule has 1 heterocycles. The number of imide groups is 1. The summed E-state index contributed by atoms with van der Waals surface area (Å²) < 4.78 is 5.12. The normalized spacial score (nSPS) is 15.9. The first-order valence-electron chi connectivity index (χ1n) is 7.32. The number of aliphatic hydroxyl groups excluding tert-OH is 1. The molecular formula is C16H18N2O5S. The van der Waals surface area contributed by atoms with Gasteiger partial charge in [0.25, 0.3) is 11.1 Å². The molecule has 0 spiro atoms. The molecule has 1 aliphatic heterocycles. The van der Waals surface area contributed by atoms with Crippen molar-refractivity contribution in [2.24, 2.45) is 0 Å². The van der Waals surface area contributed by atoms with Gasteiger partial charge in [-0.25, -0.2) is 0 Å². The first kappa shape index (κ1) is 18.0. The predicted octanol–water partition coefficient (Wildman–Crippen LogP) is 1.23. The summed E-state index contributed by atoms with van der Waals surface area (Å²) in [6, 6.07) is 7.09. The minimum absolute atomic E-state index is 0.0366. The van der Waals surface area contributed by atoms with E-state index in [1.165, 1.54) is 0 Å². The summed E-state index contributed by atoms with van der Waals surface area (Å²) in [5.74, 6) is -0.287. The summed E-state index contributed by atoms with van der Waals surface area (Å²) in [7, 11) is 1.54. The monoisotopic (exact) mass is 350 g/mol. The third kappa shape index (κ3) is 4.59. The maximum Gasteiger partial charge on any atom is 0.294 e. The van der Waals surface area contributed by atoms with Crippen molar-refractivity contribution in [1.82, 2.24) is 10.2 Å². The van der Waals surface area contributed by atoms with Gasteiger partial charge in [-0.05, 0) is 42.0 Å². The zero-order valence-electron chi connectivity index (χ0n) is 13.2. The topological polar surface area (TPSA) is 95.9 Å². The highest BCUT2D eigenvalue weighted by Gasteiger charge is 2.36. The lowest BCUT2D eigenvalue weighted by molar-refractivity contribution is -0.129. The second kappa shape index (κ2) is 8.51. The molecule has 0 unspecified atom stereocenters. The zero-order chi connectivity index (χ0) is 17.5. The van der Waals surface area contributed by atoms with Crippen LogP contribution in [0.3, 0.4) is 0 Å². The van der Waals surface area contributed by atoms with E-state index in [0.717, 1.165) is 22.2 Å². The highest BCUT2D eigenvalue weighted by molar-refractivity contribution is 8.18. The van der Waals surface area contributed by atoms with Crippen LogP contribution >= 0.6 is 11.8 Å². The molecular weight excluding hydrogens is 332 g/mol. The van der Waals surface area contributed by atoms with E-state index < -0.39 is 17.1 Å². The number of rotatable bonds is 7. The Labute approximate surface area is 143 Å². The van der Waals surface area contributed by atoms with E-state index in [2.05, 4.69) is 5.32 Å². The van der Waals surface area contributed by atoms with Gasteiger partial charge in [0.15, 0.2) is 0 Å². The molecule has 1 aliphatic rings. The number of amides is 3. The van der Waals surface area contributed by atoms with Crippen molar-refractivity contribution in [2.45, 2.75) is 6.42 Å². The van der Waals surface area contributed by atoms with Gasteiger partial charge < -0.3 is 15.2 Å². The average Bonchev–Trinajstić information content (AvgIpc) is 2.83. The molecule has 128 valence electrons. The maximum absolute atomic E-state index is 12.3. The molecule has 2 rings (SSSR count). The highest BCUT2D eigenvalue weighted by Crippen LogP contribution is 2.32. The van der Waals surface area contributed by atoms with Crippen LogP contribution in [0.1, 0.15) is 12.0 Å². The van der Waals surface area contributed by atoms with E-state index in [4.69, 9.17) is 9.84 Å². The molecule has 1 saturated heterocycles. The number of aliphatic hydroxyl groups is 1. The number of methoxy groups -OCH3 is 1. The molecule has 0 atom stereocenters. The largest absolute Gasteiger partial charge is 0.497 e. The van der Waals surface area contributed by atoms with Crippen LogP contribution in [0.15, 0.2) is 29.2 Å². The van der Waals surface area contributed by atoms with Gasteiger partial charge in [0.05, 0.1) is 12.0 Å². The third-order valence-corrected chi connectivity index (χ3v) is 4.13. The van der Waals surface area contributed by atoms with Gasteiger partial charge in [0.2, 0.25) is 5.91 Å². The Balaban J connectivity index is 2.05. The van der Waals surface area contributed by atoms with Crippen molar-refractivity contribution in [2.75, 3.05) is 26.8 Å². The second-order valence-electron chi connectivity index (χ2n) is 4.97. The molecule has 0 aliphatic carbocycles. The molecule has 1 aromatic carbocycles. The van der Waals surface area contributed by atoms with Gasteiger partial charge >= 0.3 is 0 Å². The average molecular weight is 350 g/mol. The van der Waals surface area contributed by atoms with Crippen molar-refractivity contribution in [1.29, 1.82) is 0 Å². The molecule has 8 heteroatoms. The number of hydrogen-bond donors (Lipinski definition) is 2. The van der Waals surface area contributed by atoms with Crippen LogP contribution < -0.4 is 10.1 Å². The summed E-state index contributed by atoms with van der Waals surface area (Å²) in [6.07, 6.45) is 2.01. The summed E-state index contributed by atoms with van der Waals surface area (Å²) >= 11 is 0.798. The predicted molar refractivity (Wildman–Crippen MR) is 90.4 cm³/mol. The number of carbonyl (C=O) groups is 3. The number of hydrogen-bond acceptors (Lipinski definition) is 6. The maximum atomic E-state index is 12.3. The number of ether oxygens (including phenoxy) is 1. The SMILES string of the molecule is COc1cccc(/C=C2\SC(=O)N(CC(=O)NCCCO)C2=O)c1. The molecule has 7 nitrogen and oxygen atoms in total. The van der Waals surface area contributed by atoms with Crippen LogP contribution in [0.25, 0.3) is 6.08 Å². The second-order valence-corrected chi connectivity index (χ2v) is 5.96. The number of nitrogens with zero attached hydrogens (tertiary/aromatic N) is 1. The molecule has 0 bridgehead atoms. The minimum Gasteiger partial charge on any atom is -0.497 e. The van der Waals surface area contributed by atoms with Gasteiger partial charge in [-0.3, -0.25) is 19.3 Å². The van der Waals surface area contributed by atoms with Crippen molar-refractivity contribution in [3.8, 4) is 5.75 Å². The zero-order valence-corrected chi connectivity index (χ0v) is 14.0. The molecule has 0 aromatic heterocycles. The number of benzene rings is 1. The standard InChI is InChI=1S/C16H18N2O5S/c1-23-12-5-2-4-11(8-12)9-13-15(21)18(16(22)24-13)10-14(20)17-6-3-7-19/h2,4-5,8-9,19H,3,6-7,10H2,1H3,(H,17,20)/b13-9-. The molecule has 2 N–H and O–H groups in total. The molecule has 0 radical (unpaired) electrons. The van der Waals surface area contributed by atoms with E-state index >= 15 is 0 Å². The van der Waals surface area contributed by atoms with Crippen LogP contribution in [0.5, 0.6) is 5.75 Å². The van der Waals surface area contributed by atoms with Gasteiger partial charge in [0, 0.05) is 13.2 Å². The van der Waals surface area contributed by atoms with Crippen LogP contribution in [0.2, 0.25) is 0 Å². The lowest BCUT2D eigenvalue weighted by Crippen LogP contribution is -2.39. The fraction of sp³-hybridized carbons (Fsp3) is 0.312. The van der Waals surface area contributed by atoms with E-state index in [9.17, 15) is 14.4 Å². The molecule has 0 saturated carbocycles. The molecule has 1 fully saturated rings. The summed E-state index contributed by atoms with van der Waals surface area (Å²) in [4.78, 5) is 37.2. The van der Waals surface area contributed by atoms with Crippen LogP contribution in [-0.4, -0.2) is 53.9 Å². The number of nitrogens with one attached hydrogen (secondary N) is 1. The van der Waals surface area contributed by atoms with E-state index in [1.807, 2.05) is 0 Å².